The average molecular weight is 335 g/mol. The Hall–Kier alpha value is -0.730. The van der Waals surface area contributed by atoms with E-state index in [9.17, 15) is 0 Å². The van der Waals surface area contributed by atoms with E-state index in [1.165, 1.54) is 20.5 Å². The van der Waals surface area contributed by atoms with Crippen LogP contribution in [0.15, 0.2) is 57.9 Å². The molecular formula is C17H19BrS. The summed E-state index contributed by atoms with van der Waals surface area (Å²) < 4.78 is 1.19. The molecule has 0 unspecified atom stereocenters. The summed E-state index contributed by atoms with van der Waals surface area (Å²) in [5.74, 6) is 0.996. The highest BCUT2D eigenvalue weighted by molar-refractivity contribution is 9.10. The van der Waals surface area contributed by atoms with Crippen LogP contribution in [0.4, 0.5) is 0 Å². The van der Waals surface area contributed by atoms with Crippen molar-refractivity contribution in [3.8, 4) is 0 Å². The minimum atomic E-state index is 0.228. The Morgan fingerprint density at radius 3 is 2.16 bits per heavy atom. The maximum Gasteiger partial charge on any atom is 0.0243 e. The lowest BCUT2D eigenvalue weighted by molar-refractivity contribution is 0.590. The molecule has 0 amide bonds. The summed E-state index contributed by atoms with van der Waals surface area (Å²) in [6, 6.07) is 17.3. The third kappa shape index (κ3) is 4.12. The van der Waals surface area contributed by atoms with Crippen molar-refractivity contribution in [3.05, 3.63) is 64.1 Å². The molecular weight excluding hydrogens is 316 g/mol. The third-order valence-corrected chi connectivity index (χ3v) is 4.91. The molecule has 0 aliphatic heterocycles. The van der Waals surface area contributed by atoms with E-state index >= 15 is 0 Å². The molecule has 2 aromatic rings. The van der Waals surface area contributed by atoms with Crippen LogP contribution in [-0.2, 0) is 11.2 Å². The van der Waals surface area contributed by atoms with Crippen molar-refractivity contribution in [3.63, 3.8) is 0 Å². The smallest absolute Gasteiger partial charge is 0.0243 e. The predicted molar refractivity (Wildman–Crippen MR) is 88.8 cm³/mol. The van der Waals surface area contributed by atoms with Crippen molar-refractivity contribution >= 4 is 27.7 Å². The third-order valence-electron chi connectivity index (χ3n) is 3.07. The molecule has 0 atom stereocenters. The molecule has 0 heterocycles. The largest absolute Gasteiger partial charge is 0.121 e. The van der Waals surface area contributed by atoms with Crippen LogP contribution in [0.1, 0.15) is 31.9 Å². The fourth-order valence-electron chi connectivity index (χ4n) is 1.83. The number of rotatable bonds is 3. The van der Waals surface area contributed by atoms with Gasteiger partial charge in [-0.1, -0.05) is 67.0 Å². The summed E-state index contributed by atoms with van der Waals surface area (Å²) in [5.41, 5.74) is 2.95. The van der Waals surface area contributed by atoms with E-state index in [4.69, 9.17) is 0 Å². The molecule has 0 aliphatic carbocycles. The van der Waals surface area contributed by atoms with Crippen molar-refractivity contribution in [1.29, 1.82) is 0 Å². The zero-order chi connectivity index (χ0) is 13.9. The van der Waals surface area contributed by atoms with Crippen LogP contribution >= 0.6 is 27.7 Å². The highest BCUT2D eigenvalue weighted by Gasteiger charge is 2.12. The second-order valence-corrected chi connectivity index (χ2v) is 7.56. The van der Waals surface area contributed by atoms with Crippen LogP contribution in [0.2, 0.25) is 0 Å². The van der Waals surface area contributed by atoms with Crippen molar-refractivity contribution in [2.75, 3.05) is 0 Å². The molecule has 2 rings (SSSR count). The molecule has 0 aliphatic rings. The van der Waals surface area contributed by atoms with Crippen LogP contribution in [0.5, 0.6) is 0 Å². The Morgan fingerprint density at radius 1 is 0.947 bits per heavy atom. The van der Waals surface area contributed by atoms with E-state index in [0.29, 0.717) is 0 Å². The van der Waals surface area contributed by atoms with Crippen LogP contribution in [0, 0.1) is 0 Å². The Kier molecular flexibility index (Phi) is 4.75. The van der Waals surface area contributed by atoms with E-state index in [-0.39, 0.29) is 5.41 Å². The molecule has 100 valence electrons. The van der Waals surface area contributed by atoms with E-state index in [1.807, 2.05) is 11.8 Å². The van der Waals surface area contributed by atoms with Gasteiger partial charge in [-0.05, 0) is 34.7 Å². The maximum atomic E-state index is 3.59. The summed E-state index contributed by atoms with van der Waals surface area (Å²) in [5, 5.41) is 0. The first kappa shape index (κ1) is 14.7. The Balaban J connectivity index is 2.03. The van der Waals surface area contributed by atoms with E-state index in [0.717, 1.165) is 5.75 Å². The molecule has 0 aromatic heterocycles. The minimum absolute atomic E-state index is 0.228. The van der Waals surface area contributed by atoms with Gasteiger partial charge in [0.1, 0.15) is 0 Å². The highest BCUT2D eigenvalue weighted by Crippen LogP contribution is 2.29. The molecule has 0 fully saturated rings. The lowest BCUT2D eigenvalue weighted by Crippen LogP contribution is -2.10. The molecule has 2 heteroatoms. The summed E-state index contributed by atoms with van der Waals surface area (Å²) in [6.07, 6.45) is 0. The first-order valence-electron chi connectivity index (χ1n) is 6.43. The van der Waals surface area contributed by atoms with Gasteiger partial charge in [0.2, 0.25) is 0 Å². The molecule has 19 heavy (non-hydrogen) atoms. The molecule has 2 aromatic carbocycles. The van der Waals surface area contributed by atoms with Gasteiger partial charge >= 0.3 is 0 Å². The normalized spacial score (nSPS) is 11.6. The lowest BCUT2D eigenvalue weighted by atomic mass is 9.87. The first-order valence-corrected chi connectivity index (χ1v) is 8.21. The predicted octanol–water partition coefficient (Wildman–Crippen LogP) is 6.04. The summed E-state index contributed by atoms with van der Waals surface area (Å²) in [7, 11) is 0. The van der Waals surface area contributed by atoms with Gasteiger partial charge in [0.05, 0.1) is 0 Å². The first-order chi connectivity index (χ1) is 8.97. The molecule has 0 radical (unpaired) electrons. The number of hydrogen-bond donors (Lipinski definition) is 0. The number of benzene rings is 2. The fraction of sp³-hybridized carbons (Fsp3) is 0.294. The number of thioether (sulfide) groups is 1. The Labute approximate surface area is 128 Å². The summed E-state index contributed by atoms with van der Waals surface area (Å²) >= 11 is 5.47. The van der Waals surface area contributed by atoms with Crippen molar-refractivity contribution in [1.82, 2.24) is 0 Å². The highest BCUT2D eigenvalue weighted by atomic mass is 79.9. The van der Waals surface area contributed by atoms with Crippen molar-refractivity contribution in [2.24, 2.45) is 0 Å². The van der Waals surface area contributed by atoms with Crippen LogP contribution in [-0.4, -0.2) is 0 Å². The SMILES string of the molecule is CC(C)(C)c1ccc(SCc2ccccc2Br)cc1. The van der Waals surface area contributed by atoms with Gasteiger partial charge in [-0.2, -0.15) is 0 Å². The Morgan fingerprint density at radius 2 is 1.58 bits per heavy atom. The molecule has 0 spiro atoms. The Bertz CT molecular complexity index is 538. The van der Waals surface area contributed by atoms with Gasteiger partial charge in [0.25, 0.3) is 0 Å². The van der Waals surface area contributed by atoms with Gasteiger partial charge in [-0.25, -0.2) is 0 Å². The molecule has 0 bridgehead atoms. The molecule has 0 saturated carbocycles. The molecule has 0 nitrogen and oxygen atoms in total. The average Bonchev–Trinajstić information content (AvgIpc) is 2.37. The quantitative estimate of drug-likeness (QED) is 0.616. The van der Waals surface area contributed by atoms with Gasteiger partial charge < -0.3 is 0 Å². The topological polar surface area (TPSA) is 0 Å². The van der Waals surface area contributed by atoms with Crippen molar-refractivity contribution < 1.29 is 0 Å². The van der Waals surface area contributed by atoms with E-state index in [1.54, 1.807) is 0 Å². The van der Waals surface area contributed by atoms with E-state index in [2.05, 4.69) is 85.2 Å². The second kappa shape index (κ2) is 6.15. The van der Waals surface area contributed by atoms with Gasteiger partial charge in [0.15, 0.2) is 0 Å². The fourth-order valence-corrected chi connectivity index (χ4v) is 3.34. The number of hydrogen-bond acceptors (Lipinski definition) is 1. The van der Waals surface area contributed by atoms with Gasteiger partial charge in [0, 0.05) is 15.1 Å². The van der Waals surface area contributed by atoms with Crippen LogP contribution < -0.4 is 0 Å². The maximum absolute atomic E-state index is 3.59. The number of halogens is 1. The second-order valence-electron chi connectivity index (χ2n) is 5.65. The van der Waals surface area contributed by atoms with Crippen LogP contribution in [0.3, 0.4) is 0 Å². The zero-order valence-electron chi connectivity index (χ0n) is 11.6. The standard InChI is InChI=1S/C17H19BrS/c1-17(2,3)14-8-10-15(11-9-14)19-12-13-6-4-5-7-16(13)18/h4-11H,12H2,1-3H3. The van der Waals surface area contributed by atoms with E-state index < -0.39 is 0 Å². The zero-order valence-corrected chi connectivity index (χ0v) is 14.0. The molecule has 0 saturated heterocycles. The van der Waals surface area contributed by atoms with Crippen molar-refractivity contribution in [2.45, 2.75) is 36.8 Å². The van der Waals surface area contributed by atoms with Gasteiger partial charge in [-0.15, -0.1) is 11.8 Å². The summed E-state index contributed by atoms with van der Waals surface area (Å²) in [6.45, 7) is 6.74. The van der Waals surface area contributed by atoms with Gasteiger partial charge in [-0.3, -0.25) is 0 Å². The summed E-state index contributed by atoms with van der Waals surface area (Å²) in [4.78, 5) is 1.32. The molecule has 0 N–H and O–H groups in total. The monoisotopic (exact) mass is 334 g/mol. The lowest BCUT2D eigenvalue weighted by Gasteiger charge is -2.19. The minimum Gasteiger partial charge on any atom is -0.121 e. The van der Waals surface area contributed by atoms with Crippen LogP contribution in [0.25, 0.3) is 0 Å².